The molecule has 0 saturated heterocycles. The lowest BCUT2D eigenvalue weighted by Gasteiger charge is -2.20. The molecule has 0 heterocycles. The number of carbonyl (C=O) groups is 1. The number of hydrogen-bond donors (Lipinski definition) is 3. The van der Waals surface area contributed by atoms with E-state index in [4.69, 9.17) is 21.1 Å². The van der Waals surface area contributed by atoms with Crippen molar-refractivity contribution in [3.63, 3.8) is 0 Å². The average Bonchev–Trinajstić information content (AvgIpc) is 3.63. The minimum absolute atomic E-state index is 0.162. The maximum atomic E-state index is 14.5. The van der Waals surface area contributed by atoms with E-state index in [0.717, 1.165) is 42.4 Å². The molecular formula is C29H29ClFNO5. The number of rotatable bonds is 11. The normalized spacial score (nSPS) is 17.3. The molecule has 37 heavy (non-hydrogen) atoms. The lowest BCUT2D eigenvalue weighted by Crippen LogP contribution is -2.39. The molecule has 2 aliphatic carbocycles. The van der Waals surface area contributed by atoms with Gasteiger partial charge in [-0.1, -0.05) is 48.0 Å². The Bertz CT molecular complexity index is 1300. The number of aliphatic hydroxyl groups is 1. The summed E-state index contributed by atoms with van der Waals surface area (Å²) in [7, 11) is 0. The predicted molar refractivity (Wildman–Crippen MR) is 139 cm³/mol. The van der Waals surface area contributed by atoms with Crippen molar-refractivity contribution in [1.82, 2.24) is 5.32 Å². The lowest BCUT2D eigenvalue weighted by atomic mass is 9.96. The fraction of sp³-hybridized carbons (Fsp3) is 0.345. The van der Waals surface area contributed by atoms with E-state index >= 15 is 0 Å². The summed E-state index contributed by atoms with van der Waals surface area (Å²) in [4.78, 5) is 11.3. The number of nitrogens with one attached hydrogen (secondary N) is 1. The molecule has 1 saturated carbocycles. The summed E-state index contributed by atoms with van der Waals surface area (Å²) in [6, 6.07) is 15.0. The molecule has 194 valence electrons. The van der Waals surface area contributed by atoms with Gasteiger partial charge in [-0.25, -0.2) is 4.39 Å². The smallest absolute Gasteiger partial charge is 0.323 e. The summed E-state index contributed by atoms with van der Waals surface area (Å²) in [5.74, 6) is 0.171. The first-order chi connectivity index (χ1) is 17.9. The number of fused-ring (bicyclic) bond motifs is 1. The van der Waals surface area contributed by atoms with Crippen LogP contribution in [0.3, 0.4) is 0 Å². The molecule has 0 radical (unpaired) electrons. The largest absolute Gasteiger partial charge is 0.493 e. The van der Waals surface area contributed by atoms with Crippen molar-refractivity contribution in [3.05, 3.63) is 82.1 Å². The Morgan fingerprint density at radius 1 is 1.08 bits per heavy atom. The van der Waals surface area contributed by atoms with E-state index in [1.54, 1.807) is 24.3 Å². The van der Waals surface area contributed by atoms with Crippen LogP contribution in [0.5, 0.6) is 11.5 Å². The Morgan fingerprint density at radius 2 is 1.86 bits per heavy atom. The SMILES string of the molecule is O=C(O)C(CO)NCc1cc(Cl)c(O[C@H]2CCc3c(-c4ccccc4F)cccc32)cc1OCC1CC1. The van der Waals surface area contributed by atoms with Crippen molar-refractivity contribution in [2.24, 2.45) is 5.92 Å². The van der Waals surface area contributed by atoms with Gasteiger partial charge in [-0.3, -0.25) is 10.1 Å². The van der Waals surface area contributed by atoms with E-state index in [9.17, 15) is 19.4 Å². The Labute approximate surface area is 220 Å². The molecular weight excluding hydrogens is 497 g/mol. The van der Waals surface area contributed by atoms with Crippen LogP contribution in [-0.4, -0.2) is 35.4 Å². The van der Waals surface area contributed by atoms with Crippen LogP contribution in [0.2, 0.25) is 5.02 Å². The van der Waals surface area contributed by atoms with Crippen molar-refractivity contribution in [2.45, 2.75) is 44.4 Å². The van der Waals surface area contributed by atoms with Crippen LogP contribution in [0, 0.1) is 11.7 Å². The highest BCUT2D eigenvalue weighted by molar-refractivity contribution is 6.32. The minimum Gasteiger partial charge on any atom is -0.493 e. The third kappa shape index (κ3) is 5.74. The zero-order valence-electron chi connectivity index (χ0n) is 20.3. The van der Waals surface area contributed by atoms with Gasteiger partial charge in [0.2, 0.25) is 0 Å². The summed E-state index contributed by atoms with van der Waals surface area (Å²) >= 11 is 6.62. The van der Waals surface area contributed by atoms with Gasteiger partial charge < -0.3 is 19.7 Å². The lowest BCUT2D eigenvalue weighted by molar-refractivity contribution is -0.140. The average molecular weight is 526 g/mol. The van der Waals surface area contributed by atoms with Gasteiger partial charge in [0, 0.05) is 23.7 Å². The van der Waals surface area contributed by atoms with Crippen molar-refractivity contribution >= 4 is 17.6 Å². The van der Waals surface area contributed by atoms with Crippen LogP contribution in [-0.2, 0) is 17.8 Å². The highest BCUT2D eigenvalue weighted by atomic mass is 35.5. The highest BCUT2D eigenvalue weighted by Gasteiger charge is 2.29. The van der Waals surface area contributed by atoms with Crippen LogP contribution in [0.4, 0.5) is 4.39 Å². The first kappa shape index (κ1) is 25.5. The van der Waals surface area contributed by atoms with E-state index in [0.29, 0.717) is 40.2 Å². The number of hydrogen-bond acceptors (Lipinski definition) is 5. The monoisotopic (exact) mass is 525 g/mol. The van der Waals surface area contributed by atoms with Gasteiger partial charge >= 0.3 is 5.97 Å². The van der Waals surface area contributed by atoms with Crippen molar-refractivity contribution in [3.8, 4) is 22.6 Å². The van der Waals surface area contributed by atoms with E-state index in [-0.39, 0.29) is 18.5 Å². The van der Waals surface area contributed by atoms with Gasteiger partial charge in [0.1, 0.15) is 29.5 Å². The number of carboxylic acid groups (broad SMARTS) is 1. The Morgan fingerprint density at radius 3 is 2.59 bits per heavy atom. The molecule has 2 aliphatic rings. The fourth-order valence-electron chi connectivity index (χ4n) is 4.72. The van der Waals surface area contributed by atoms with Gasteiger partial charge in [-0.15, -0.1) is 0 Å². The topological polar surface area (TPSA) is 88.0 Å². The van der Waals surface area contributed by atoms with Gasteiger partial charge in [-0.05, 0) is 60.4 Å². The molecule has 1 fully saturated rings. The van der Waals surface area contributed by atoms with Crippen LogP contribution < -0.4 is 14.8 Å². The first-order valence-electron chi connectivity index (χ1n) is 12.5. The predicted octanol–water partition coefficient (Wildman–Crippen LogP) is 5.54. The summed E-state index contributed by atoms with van der Waals surface area (Å²) in [6.07, 6.45) is 3.49. The van der Waals surface area contributed by atoms with Crippen LogP contribution in [0.1, 0.15) is 42.1 Å². The van der Waals surface area contributed by atoms with Crippen molar-refractivity contribution in [2.75, 3.05) is 13.2 Å². The first-order valence-corrected chi connectivity index (χ1v) is 12.9. The number of halogens is 2. The maximum absolute atomic E-state index is 14.5. The van der Waals surface area contributed by atoms with E-state index in [1.165, 1.54) is 6.07 Å². The molecule has 1 unspecified atom stereocenters. The molecule has 0 bridgehead atoms. The van der Waals surface area contributed by atoms with E-state index in [2.05, 4.69) is 5.32 Å². The number of ether oxygens (including phenoxy) is 2. The van der Waals surface area contributed by atoms with Crippen molar-refractivity contribution < 1.29 is 28.9 Å². The second-order valence-electron chi connectivity index (χ2n) is 9.60. The fourth-order valence-corrected chi connectivity index (χ4v) is 4.95. The number of benzene rings is 3. The zero-order chi connectivity index (χ0) is 25.9. The molecule has 3 aromatic carbocycles. The van der Waals surface area contributed by atoms with Gasteiger partial charge in [-0.2, -0.15) is 0 Å². The summed E-state index contributed by atoms with van der Waals surface area (Å²) < 4.78 is 27.0. The van der Waals surface area contributed by atoms with Crippen molar-refractivity contribution in [1.29, 1.82) is 0 Å². The molecule has 5 rings (SSSR count). The molecule has 0 aliphatic heterocycles. The third-order valence-corrected chi connectivity index (χ3v) is 7.25. The maximum Gasteiger partial charge on any atom is 0.323 e. The molecule has 0 aromatic heterocycles. The third-order valence-electron chi connectivity index (χ3n) is 6.95. The van der Waals surface area contributed by atoms with E-state index < -0.39 is 18.6 Å². The molecule has 3 N–H and O–H groups in total. The van der Waals surface area contributed by atoms with Gasteiger partial charge in [0.25, 0.3) is 0 Å². The molecule has 6 nitrogen and oxygen atoms in total. The van der Waals surface area contributed by atoms with E-state index in [1.807, 2.05) is 24.3 Å². The summed E-state index contributed by atoms with van der Waals surface area (Å²) in [6.45, 7) is 0.197. The molecule has 3 aromatic rings. The van der Waals surface area contributed by atoms with Crippen LogP contribution in [0.25, 0.3) is 11.1 Å². The van der Waals surface area contributed by atoms with Gasteiger partial charge in [0.15, 0.2) is 0 Å². The Kier molecular flexibility index (Phi) is 7.65. The van der Waals surface area contributed by atoms with Crippen LogP contribution in [0.15, 0.2) is 54.6 Å². The number of aliphatic carboxylic acids is 1. The quantitative estimate of drug-likeness (QED) is 0.305. The second kappa shape index (κ2) is 11.1. The Balaban J connectivity index is 1.40. The highest BCUT2D eigenvalue weighted by Crippen LogP contribution is 2.43. The standard InChI is InChI=1S/C29H29ClFNO5/c30-23-12-18(14-32-25(15-33)29(34)35)27(36-16-17-8-9-17)13-28(23)37-26-11-10-20-19(5-3-6-22(20)26)21-4-1-2-7-24(21)31/h1-7,12-13,17,25-26,32-33H,8-11,14-16H2,(H,34,35)/t25?,26-/m0/s1. The molecule has 8 heteroatoms. The number of carboxylic acids is 1. The van der Waals surface area contributed by atoms with Gasteiger partial charge in [0.05, 0.1) is 18.2 Å². The molecule has 2 atom stereocenters. The van der Waals surface area contributed by atoms with Crippen LogP contribution >= 0.6 is 11.6 Å². The summed E-state index contributed by atoms with van der Waals surface area (Å²) in [5, 5.41) is 21.8. The molecule has 0 spiro atoms. The Hall–Kier alpha value is -3.13. The number of aliphatic hydroxyl groups excluding tert-OH is 1. The molecule has 0 amide bonds. The second-order valence-corrected chi connectivity index (χ2v) is 10.0. The summed E-state index contributed by atoms with van der Waals surface area (Å²) in [5.41, 5.74) is 4.22. The minimum atomic E-state index is -1.14. The zero-order valence-corrected chi connectivity index (χ0v) is 21.0.